The fraction of sp³-hybridized carbons (Fsp3) is 0.833. The van der Waals surface area contributed by atoms with Gasteiger partial charge in [0.05, 0.1) is 6.10 Å². The Hall–Kier alpha value is -0.300. The van der Waals surface area contributed by atoms with Crippen molar-refractivity contribution in [2.45, 2.75) is 58.0 Å². The van der Waals surface area contributed by atoms with Crippen molar-refractivity contribution in [3.63, 3.8) is 0 Å². The number of hydrogen-bond acceptors (Lipinski definition) is 1. The quantitative estimate of drug-likeness (QED) is 0.661. The van der Waals surface area contributed by atoms with Crippen LogP contribution in [-0.2, 0) is 0 Å². The second kappa shape index (κ2) is 4.80. The molecule has 1 aliphatic carbocycles. The van der Waals surface area contributed by atoms with Gasteiger partial charge in [-0.15, -0.1) is 6.58 Å². The first-order valence-corrected chi connectivity index (χ1v) is 5.48. The Balaban J connectivity index is 2.41. The maximum atomic E-state index is 10.0. The highest BCUT2D eigenvalue weighted by molar-refractivity contribution is 4.86. The summed E-state index contributed by atoms with van der Waals surface area (Å²) in [4.78, 5) is 0. The smallest absolute Gasteiger partial charge is 0.0596 e. The van der Waals surface area contributed by atoms with E-state index in [9.17, 15) is 5.11 Å². The highest BCUT2D eigenvalue weighted by Gasteiger charge is 2.33. The van der Waals surface area contributed by atoms with Crippen molar-refractivity contribution < 1.29 is 5.11 Å². The predicted octanol–water partition coefficient (Wildman–Crippen LogP) is 3.28. The number of rotatable bonds is 4. The molecule has 0 radical (unpaired) electrons. The number of allylic oxidation sites excluding steroid dienone is 1. The number of aliphatic hydroxyl groups excluding tert-OH is 1. The summed E-state index contributed by atoms with van der Waals surface area (Å²) >= 11 is 0. The zero-order valence-corrected chi connectivity index (χ0v) is 8.76. The van der Waals surface area contributed by atoms with Crippen LogP contribution in [0.1, 0.15) is 51.9 Å². The summed E-state index contributed by atoms with van der Waals surface area (Å²) < 4.78 is 0. The predicted molar refractivity (Wildman–Crippen MR) is 56.6 cm³/mol. The van der Waals surface area contributed by atoms with E-state index >= 15 is 0 Å². The van der Waals surface area contributed by atoms with E-state index in [1.807, 2.05) is 6.08 Å². The Morgan fingerprint density at radius 3 is 2.54 bits per heavy atom. The Bertz CT molecular complexity index is 157. The van der Waals surface area contributed by atoms with Gasteiger partial charge in [0.1, 0.15) is 0 Å². The summed E-state index contributed by atoms with van der Waals surface area (Å²) in [5.41, 5.74) is 0.196. The van der Waals surface area contributed by atoms with Crippen LogP contribution in [0.15, 0.2) is 12.7 Å². The van der Waals surface area contributed by atoms with Gasteiger partial charge in [0.2, 0.25) is 0 Å². The van der Waals surface area contributed by atoms with E-state index in [0.29, 0.717) is 0 Å². The van der Waals surface area contributed by atoms with Crippen LogP contribution < -0.4 is 0 Å². The van der Waals surface area contributed by atoms with Gasteiger partial charge in [-0.3, -0.25) is 0 Å². The molecule has 0 aromatic heterocycles. The summed E-state index contributed by atoms with van der Waals surface area (Å²) in [6, 6.07) is 0. The molecule has 1 atom stereocenters. The summed E-state index contributed by atoms with van der Waals surface area (Å²) in [7, 11) is 0. The van der Waals surface area contributed by atoms with Gasteiger partial charge in [0, 0.05) is 0 Å². The summed E-state index contributed by atoms with van der Waals surface area (Å²) in [5, 5.41) is 10.0. The topological polar surface area (TPSA) is 20.2 Å². The summed E-state index contributed by atoms with van der Waals surface area (Å²) in [6.07, 6.45) is 9.95. The third-order valence-electron chi connectivity index (χ3n) is 3.44. The molecular weight excluding hydrogens is 160 g/mol. The second-order valence-corrected chi connectivity index (χ2v) is 4.60. The van der Waals surface area contributed by atoms with E-state index in [1.165, 1.54) is 32.1 Å². The Morgan fingerprint density at radius 2 is 2.00 bits per heavy atom. The molecule has 1 saturated carbocycles. The molecule has 0 aromatic rings. The van der Waals surface area contributed by atoms with Crippen LogP contribution in [0.2, 0.25) is 0 Å². The lowest BCUT2D eigenvalue weighted by atomic mass is 9.71. The molecule has 1 fully saturated rings. The van der Waals surface area contributed by atoms with E-state index in [1.54, 1.807) is 0 Å². The molecule has 0 aliphatic heterocycles. The normalized spacial score (nSPS) is 23.8. The maximum absolute atomic E-state index is 10.0. The second-order valence-electron chi connectivity index (χ2n) is 4.60. The average molecular weight is 182 g/mol. The standard InChI is InChI=1S/C12H22O/c1-3-4-8-11(13)12(2)9-6-5-7-10-12/h3,11,13H,1,4-10H2,2H3. The number of hydrogen-bond donors (Lipinski definition) is 1. The van der Waals surface area contributed by atoms with Gasteiger partial charge >= 0.3 is 0 Å². The molecule has 0 spiro atoms. The largest absolute Gasteiger partial charge is 0.393 e. The van der Waals surface area contributed by atoms with Gasteiger partial charge in [0.15, 0.2) is 0 Å². The molecule has 0 amide bonds. The van der Waals surface area contributed by atoms with Gasteiger partial charge < -0.3 is 5.11 Å². The molecule has 1 heteroatoms. The molecular formula is C12H22O. The van der Waals surface area contributed by atoms with Crippen molar-refractivity contribution in [3.05, 3.63) is 12.7 Å². The van der Waals surface area contributed by atoms with Crippen molar-refractivity contribution >= 4 is 0 Å². The first-order chi connectivity index (χ1) is 6.19. The minimum Gasteiger partial charge on any atom is -0.393 e. The monoisotopic (exact) mass is 182 g/mol. The lowest BCUT2D eigenvalue weighted by Gasteiger charge is -2.37. The van der Waals surface area contributed by atoms with E-state index < -0.39 is 0 Å². The van der Waals surface area contributed by atoms with Crippen LogP contribution >= 0.6 is 0 Å². The Labute approximate surface area is 81.9 Å². The highest BCUT2D eigenvalue weighted by atomic mass is 16.3. The van der Waals surface area contributed by atoms with Gasteiger partial charge in [-0.25, -0.2) is 0 Å². The van der Waals surface area contributed by atoms with E-state index in [-0.39, 0.29) is 11.5 Å². The Kier molecular flexibility index (Phi) is 3.98. The fourth-order valence-electron chi connectivity index (χ4n) is 2.32. The van der Waals surface area contributed by atoms with Crippen LogP contribution in [0.5, 0.6) is 0 Å². The van der Waals surface area contributed by atoms with E-state index in [2.05, 4.69) is 13.5 Å². The molecule has 1 aliphatic rings. The molecule has 76 valence electrons. The van der Waals surface area contributed by atoms with Gasteiger partial charge in [-0.1, -0.05) is 32.3 Å². The molecule has 1 N–H and O–H groups in total. The van der Waals surface area contributed by atoms with Crippen LogP contribution in [0.25, 0.3) is 0 Å². The van der Waals surface area contributed by atoms with Crippen molar-refractivity contribution in [2.24, 2.45) is 5.41 Å². The molecule has 1 unspecified atom stereocenters. The Morgan fingerprint density at radius 1 is 1.38 bits per heavy atom. The van der Waals surface area contributed by atoms with Gasteiger partial charge in [-0.05, 0) is 31.1 Å². The molecule has 0 saturated heterocycles. The molecule has 13 heavy (non-hydrogen) atoms. The third-order valence-corrected chi connectivity index (χ3v) is 3.44. The SMILES string of the molecule is C=CCCC(O)C1(C)CCCCC1. The zero-order chi connectivity index (χ0) is 9.73. The van der Waals surface area contributed by atoms with Crippen LogP contribution in [0, 0.1) is 5.41 Å². The van der Waals surface area contributed by atoms with Crippen molar-refractivity contribution in [1.82, 2.24) is 0 Å². The lowest BCUT2D eigenvalue weighted by Crippen LogP contribution is -2.34. The van der Waals surface area contributed by atoms with Gasteiger partial charge in [0.25, 0.3) is 0 Å². The van der Waals surface area contributed by atoms with Gasteiger partial charge in [-0.2, -0.15) is 0 Å². The summed E-state index contributed by atoms with van der Waals surface area (Å²) in [6.45, 7) is 5.93. The fourth-order valence-corrected chi connectivity index (χ4v) is 2.32. The van der Waals surface area contributed by atoms with Crippen molar-refractivity contribution in [3.8, 4) is 0 Å². The molecule has 1 nitrogen and oxygen atoms in total. The van der Waals surface area contributed by atoms with Crippen LogP contribution in [0.3, 0.4) is 0 Å². The molecule has 0 bridgehead atoms. The maximum Gasteiger partial charge on any atom is 0.0596 e. The minimum atomic E-state index is -0.120. The molecule has 0 aromatic carbocycles. The average Bonchev–Trinajstić information content (AvgIpc) is 2.15. The van der Waals surface area contributed by atoms with Crippen LogP contribution in [0.4, 0.5) is 0 Å². The first-order valence-electron chi connectivity index (χ1n) is 5.48. The lowest BCUT2D eigenvalue weighted by molar-refractivity contribution is 0.00500. The number of aliphatic hydroxyl groups is 1. The van der Waals surface area contributed by atoms with Crippen LogP contribution in [-0.4, -0.2) is 11.2 Å². The van der Waals surface area contributed by atoms with E-state index in [4.69, 9.17) is 0 Å². The van der Waals surface area contributed by atoms with Crippen molar-refractivity contribution in [2.75, 3.05) is 0 Å². The first kappa shape index (κ1) is 10.8. The van der Waals surface area contributed by atoms with E-state index in [0.717, 1.165) is 12.8 Å². The zero-order valence-electron chi connectivity index (χ0n) is 8.76. The minimum absolute atomic E-state index is 0.120. The summed E-state index contributed by atoms with van der Waals surface area (Å²) in [5.74, 6) is 0. The highest BCUT2D eigenvalue weighted by Crippen LogP contribution is 2.40. The third kappa shape index (κ3) is 2.84. The van der Waals surface area contributed by atoms with Crippen molar-refractivity contribution in [1.29, 1.82) is 0 Å². The molecule has 1 rings (SSSR count). The molecule has 0 heterocycles.